The molecule has 0 aliphatic rings. The van der Waals surface area contributed by atoms with Crippen LogP contribution in [0.5, 0.6) is 0 Å². The smallest absolute Gasteiger partial charge is 0.238 e. The molecule has 1 N–H and O–H groups in total. The Balaban J connectivity index is 2.02. The van der Waals surface area contributed by atoms with E-state index < -0.39 is 0 Å². The molecular weight excluding hydrogens is 317 g/mol. The van der Waals surface area contributed by atoms with Crippen molar-refractivity contribution in [2.24, 2.45) is 7.05 Å². The average molecular weight is 330 g/mol. The largest absolute Gasteiger partial charge is 0.308 e. The van der Waals surface area contributed by atoms with Gasteiger partial charge in [-0.1, -0.05) is 23.2 Å². The molecule has 0 saturated carbocycles. The van der Waals surface area contributed by atoms with Crippen LogP contribution in [0.15, 0.2) is 35.4 Å². The van der Waals surface area contributed by atoms with Gasteiger partial charge in [-0.3, -0.25) is 9.48 Å². The number of nitrogens with zero attached hydrogens (tertiary/aromatic N) is 2. The molecule has 2 rings (SSSR count). The van der Waals surface area contributed by atoms with E-state index in [1.54, 1.807) is 49.1 Å². The maximum atomic E-state index is 12.1. The lowest BCUT2D eigenvalue weighted by Crippen LogP contribution is -2.22. The molecule has 1 heterocycles. The summed E-state index contributed by atoms with van der Waals surface area (Å²) in [5.41, 5.74) is 0. The van der Waals surface area contributed by atoms with Crippen molar-refractivity contribution in [1.29, 1.82) is 0 Å². The van der Waals surface area contributed by atoms with E-state index in [4.69, 9.17) is 23.2 Å². The monoisotopic (exact) mass is 329 g/mol. The number of aryl methyl sites for hydroxylation is 1. The number of halogens is 2. The average Bonchev–Trinajstić information content (AvgIpc) is 2.79. The minimum Gasteiger partial charge on any atom is -0.308 e. The van der Waals surface area contributed by atoms with E-state index in [0.29, 0.717) is 15.9 Å². The fraction of sp³-hybridized carbons (Fsp3) is 0.231. The van der Waals surface area contributed by atoms with Gasteiger partial charge >= 0.3 is 0 Å². The number of nitrogens with one attached hydrogen (secondary N) is 1. The second kappa shape index (κ2) is 6.52. The maximum absolute atomic E-state index is 12.1. The standard InChI is InChI=1S/C13H13Cl2N3OS/c1-8(13(19)16-12-5-6-18(2)17-12)20-11-7-9(14)3-4-10(11)15/h3-8H,1-2H3,(H,16,17,19). The van der Waals surface area contributed by atoms with Crippen LogP contribution in [0.25, 0.3) is 0 Å². The van der Waals surface area contributed by atoms with E-state index in [1.165, 1.54) is 11.8 Å². The van der Waals surface area contributed by atoms with Crippen LogP contribution >= 0.6 is 35.0 Å². The summed E-state index contributed by atoms with van der Waals surface area (Å²) >= 11 is 13.4. The van der Waals surface area contributed by atoms with Gasteiger partial charge in [0.25, 0.3) is 0 Å². The van der Waals surface area contributed by atoms with Gasteiger partial charge in [-0.15, -0.1) is 11.8 Å². The van der Waals surface area contributed by atoms with E-state index in [0.717, 1.165) is 4.90 Å². The Hall–Kier alpha value is -1.17. The van der Waals surface area contributed by atoms with Crippen molar-refractivity contribution in [3.8, 4) is 0 Å². The molecule has 0 fully saturated rings. The fourth-order valence-electron chi connectivity index (χ4n) is 1.52. The summed E-state index contributed by atoms with van der Waals surface area (Å²) in [4.78, 5) is 12.8. The minimum atomic E-state index is -0.312. The number of hydrogen-bond acceptors (Lipinski definition) is 3. The molecule has 0 radical (unpaired) electrons. The quantitative estimate of drug-likeness (QED) is 0.866. The summed E-state index contributed by atoms with van der Waals surface area (Å²) in [5, 5.41) is 7.71. The lowest BCUT2D eigenvalue weighted by Gasteiger charge is -2.12. The molecule has 1 aromatic heterocycles. The molecule has 1 atom stereocenters. The van der Waals surface area contributed by atoms with Crippen molar-refractivity contribution >= 4 is 46.7 Å². The molecule has 106 valence electrons. The van der Waals surface area contributed by atoms with Gasteiger partial charge in [-0.2, -0.15) is 5.10 Å². The molecular formula is C13H13Cl2N3OS. The Labute approximate surface area is 131 Å². The number of amides is 1. The molecule has 0 aliphatic carbocycles. The highest BCUT2D eigenvalue weighted by molar-refractivity contribution is 8.00. The van der Waals surface area contributed by atoms with Gasteiger partial charge in [0.15, 0.2) is 5.82 Å². The topological polar surface area (TPSA) is 46.9 Å². The Morgan fingerprint density at radius 1 is 1.40 bits per heavy atom. The minimum absolute atomic E-state index is 0.134. The van der Waals surface area contributed by atoms with Gasteiger partial charge in [0.2, 0.25) is 5.91 Å². The van der Waals surface area contributed by atoms with Crippen LogP contribution in [0.3, 0.4) is 0 Å². The fourth-order valence-corrected chi connectivity index (χ4v) is 2.93. The maximum Gasteiger partial charge on any atom is 0.238 e. The van der Waals surface area contributed by atoms with Crippen LogP contribution in [-0.2, 0) is 11.8 Å². The highest BCUT2D eigenvalue weighted by atomic mass is 35.5. The lowest BCUT2D eigenvalue weighted by atomic mass is 10.4. The van der Waals surface area contributed by atoms with Gasteiger partial charge in [0, 0.05) is 29.2 Å². The summed E-state index contributed by atoms with van der Waals surface area (Å²) in [6.07, 6.45) is 1.77. The zero-order valence-electron chi connectivity index (χ0n) is 10.9. The van der Waals surface area contributed by atoms with Crippen molar-refractivity contribution < 1.29 is 4.79 Å². The number of carbonyl (C=O) groups excluding carboxylic acids is 1. The predicted molar refractivity (Wildman–Crippen MR) is 83.6 cm³/mol. The summed E-state index contributed by atoms with van der Waals surface area (Å²) in [7, 11) is 1.79. The molecule has 4 nitrogen and oxygen atoms in total. The molecule has 1 unspecified atom stereocenters. The third-order valence-corrected chi connectivity index (χ3v) is 4.37. The Morgan fingerprint density at radius 2 is 2.15 bits per heavy atom. The number of hydrogen-bond donors (Lipinski definition) is 1. The third-order valence-electron chi connectivity index (χ3n) is 2.53. The molecule has 1 aromatic carbocycles. The van der Waals surface area contributed by atoms with Crippen LogP contribution in [-0.4, -0.2) is 20.9 Å². The Bertz CT molecular complexity index is 630. The van der Waals surface area contributed by atoms with Gasteiger partial charge in [-0.05, 0) is 25.1 Å². The van der Waals surface area contributed by atoms with Crippen molar-refractivity contribution in [3.05, 3.63) is 40.5 Å². The number of thioether (sulfide) groups is 1. The second-order valence-electron chi connectivity index (χ2n) is 4.20. The van der Waals surface area contributed by atoms with E-state index in [-0.39, 0.29) is 11.2 Å². The molecule has 20 heavy (non-hydrogen) atoms. The first-order valence-corrected chi connectivity index (χ1v) is 7.51. The van der Waals surface area contributed by atoms with Gasteiger partial charge < -0.3 is 5.32 Å². The normalized spacial score (nSPS) is 12.2. The molecule has 0 saturated heterocycles. The number of rotatable bonds is 4. The molecule has 0 spiro atoms. The highest BCUT2D eigenvalue weighted by Crippen LogP contribution is 2.32. The summed E-state index contributed by atoms with van der Waals surface area (Å²) in [6.45, 7) is 1.81. The zero-order chi connectivity index (χ0) is 14.7. The molecule has 0 bridgehead atoms. The van der Waals surface area contributed by atoms with Crippen molar-refractivity contribution in [2.45, 2.75) is 17.1 Å². The van der Waals surface area contributed by atoms with Gasteiger partial charge in [-0.25, -0.2) is 0 Å². The van der Waals surface area contributed by atoms with E-state index in [9.17, 15) is 4.79 Å². The van der Waals surface area contributed by atoms with Crippen molar-refractivity contribution in [1.82, 2.24) is 9.78 Å². The van der Waals surface area contributed by atoms with Crippen molar-refractivity contribution in [2.75, 3.05) is 5.32 Å². The summed E-state index contributed by atoms with van der Waals surface area (Å²) in [6, 6.07) is 6.92. The third kappa shape index (κ3) is 3.91. The van der Waals surface area contributed by atoms with Gasteiger partial charge in [0.05, 0.1) is 10.3 Å². The van der Waals surface area contributed by atoms with Crippen LogP contribution in [0, 0.1) is 0 Å². The number of carbonyl (C=O) groups is 1. The van der Waals surface area contributed by atoms with Crippen LogP contribution in [0.1, 0.15) is 6.92 Å². The molecule has 1 amide bonds. The van der Waals surface area contributed by atoms with Crippen LogP contribution in [0.4, 0.5) is 5.82 Å². The van der Waals surface area contributed by atoms with E-state index >= 15 is 0 Å². The first kappa shape index (κ1) is 15.2. The first-order chi connectivity index (χ1) is 9.45. The Kier molecular flexibility index (Phi) is 4.96. The molecule has 2 aromatic rings. The molecule has 0 aliphatic heterocycles. The summed E-state index contributed by atoms with van der Waals surface area (Å²) < 4.78 is 1.63. The second-order valence-corrected chi connectivity index (χ2v) is 6.42. The first-order valence-electron chi connectivity index (χ1n) is 5.88. The zero-order valence-corrected chi connectivity index (χ0v) is 13.3. The predicted octanol–water partition coefficient (Wildman–Crippen LogP) is 3.85. The van der Waals surface area contributed by atoms with Crippen LogP contribution in [0.2, 0.25) is 10.0 Å². The van der Waals surface area contributed by atoms with E-state index in [2.05, 4.69) is 10.4 Å². The SMILES string of the molecule is CC(Sc1cc(Cl)ccc1Cl)C(=O)Nc1ccn(C)n1. The number of benzene rings is 1. The van der Waals surface area contributed by atoms with Crippen molar-refractivity contribution in [3.63, 3.8) is 0 Å². The molecule has 7 heteroatoms. The summed E-state index contributed by atoms with van der Waals surface area (Å²) in [5.74, 6) is 0.395. The van der Waals surface area contributed by atoms with Gasteiger partial charge in [0.1, 0.15) is 0 Å². The number of anilines is 1. The lowest BCUT2D eigenvalue weighted by molar-refractivity contribution is -0.115. The highest BCUT2D eigenvalue weighted by Gasteiger charge is 2.17. The Morgan fingerprint density at radius 3 is 2.80 bits per heavy atom. The van der Waals surface area contributed by atoms with E-state index in [1.807, 2.05) is 0 Å². The number of aromatic nitrogens is 2. The van der Waals surface area contributed by atoms with Crippen LogP contribution < -0.4 is 5.32 Å².